The fourth-order valence-corrected chi connectivity index (χ4v) is 12.4. The molecular formula is C38H62N4O5. The van der Waals surface area contributed by atoms with Gasteiger partial charge in [0, 0.05) is 58.7 Å². The van der Waals surface area contributed by atoms with Crippen LogP contribution in [0.4, 0.5) is 0 Å². The molecule has 3 amide bonds. The van der Waals surface area contributed by atoms with Gasteiger partial charge in [0.25, 0.3) is 0 Å². The molecule has 1 N–H and O–H groups in total. The van der Waals surface area contributed by atoms with Crippen molar-refractivity contribution in [1.29, 1.82) is 0 Å². The highest BCUT2D eigenvalue weighted by atomic mass is 16.7. The molecule has 3 heterocycles. The lowest BCUT2D eigenvalue weighted by Gasteiger charge is -2.61. The Kier molecular flexibility index (Phi) is 9.03. The van der Waals surface area contributed by atoms with Gasteiger partial charge in [-0.15, -0.1) is 0 Å². The van der Waals surface area contributed by atoms with Crippen LogP contribution in [-0.4, -0.2) is 104 Å². The number of rotatable bonds is 5. The molecule has 47 heavy (non-hydrogen) atoms. The predicted molar refractivity (Wildman–Crippen MR) is 180 cm³/mol. The van der Waals surface area contributed by atoms with Crippen LogP contribution in [0.25, 0.3) is 0 Å². The molecule has 4 saturated carbocycles. The summed E-state index contributed by atoms with van der Waals surface area (Å²) in [6, 6.07) is 0.169. The second kappa shape index (κ2) is 12.6. The van der Waals surface area contributed by atoms with Gasteiger partial charge < -0.3 is 24.6 Å². The molecule has 0 aromatic heterocycles. The summed E-state index contributed by atoms with van der Waals surface area (Å²) in [5.74, 6) is 4.15. The van der Waals surface area contributed by atoms with Crippen molar-refractivity contribution in [3.8, 4) is 0 Å². The first-order valence-electron chi connectivity index (χ1n) is 19.1. The van der Waals surface area contributed by atoms with Gasteiger partial charge in [-0.05, 0) is 104 Å². The van der Waals surface area contributed by atoms with Gasteiger partial charge >= 0.3 is 0 Å². The van der Waals surface area contributed by atoms with E-state index in [0.717, 1.165) is 43.6 Å². The minimum absolute atomic E-state index is 0.0749. The number of amides is 3. The third-order valence-electron chi connectivity index (χ3n) is 15.2. The van der Waals surface area contributed by atoms with Gasteiger partial charge in [-0.2, -0.15) is 0 Å². The van der Waals surface area contributed by atoms with Crippen LogP contribution in [0.3, 0.4) is 0 Å². The first-order valence-corrected chi connectivity index (χ1v) is 19.1. The molecule has 3 aliphatic heterocycles. The van der Waals surface area contributed by atoms with Gasteiger partial charge in [0.05, 0.1) is 19.3 Å². The fourth-order valence-electron chi connectivity index (χ4n) is 12.4. The fraction of sp³-hybridized carbons (Fsp3) is 0.921. The molecular weight excluding hydrogens is 592 g/mol. The van der Waals surface area contributed by atoms with E-state index >= 15 is 0 Å². The smallest absolute Gasteiger partial charge is 0.236 e. The monoisotopic (exact) mass is 654 g/mol. The van der Waals surface area contributed by atoms with Crippen molar-refractivity contribution in [2.45, 2.75) is 116 Å². The number of ether oxygens (including phenoxy) is 2. The normalized spacial score (nSPS) is 46.3. The van der Waals surface area contributed by atoms with E-state index in [1.165, 1.54) is 44.9 Å². The minimum atomic E-state index is -0.341. The Morgan fingerprint density at radius 2 is 1.62 bits per heavy atom. The molecule has 0 bridgehead atoms. The number of nitrogens with zero attached hydrogens (tertiary/aromatic N) is 3. The minimum Gasteiger partial charge on any atom is -0.353 e. The van der Waals surface area contributed by atoms with E-state index in [1.807, 2.05) is 0 Å². The zero-order chi connectivity index (χ0) is 33.3. The molecule has 9 heteroatoms. The summed E-state index contributed by atoms with van der Waals surface area (Å²) >= 11 is 0. The van der Waals surface area contributed by atoms with Crippen molar-refractivity contribution >= 4 is 17.7 Å². The molecule has 1 unspecified atom stereocenters. The van der Waals surface area contributed by atoms with Gasteiger partial charge in [0.1, 0.15) is 6.42 Å². The highest BCUT2D eigenvalue weighted by Crippen LogP contribution is 2.71. The molecule has 0 radical (unpaired) electrons. The van der Waals surface area contributed by atoms with Crippen LogP contribution in [0.2, 0.25) is 0 Å². The lowest BCUT2D eigenvalue weighted by molar-refractivity contribution is -0.273. The van der Waals surface area contributed by atoms with Crippen LogP contribution < -0.4 is 5.32 Å². The number of piperazine rings is 1. The van der Waals surface area contributed by atoms with Crippen LogP contribution in [0.15, 0.2) is 0 Å². The number of nitrogens with one attached hydrogen (secondary N) is 1. The Hall–Kier alpha value is -1.71. The largest absolute Gasteiger partial charge is 0.353 e. The summed E-state index contributed by atoms with van der Waals surface area (Å²) in [5.41, 5.74) is 0.682. The molecule has 7 aliphatic rings. The summed E-state index contributed by atoms with van der Waals surface area (Å²) in [5, 5.41) is 3.29. The standard InChI is InChI=1S/C38H62N4O5/c1-24-9-14-38(46-23-24)25(2)35-31(47-38)20-30-28-8-7-26-19-27(10-12-36(26,3)29(28)11-13-37(30,35)4)39-32(43)21-33(44)42-17-15-41(16-18-42)22-34(45)40(5)6/h24-31,35H,7-23H2,1-6H3,(H,39,43)/t24-,25+,26-,27+,28-,29?,30+,31+,35+,36+,37+,38-/m1/s1. The number of carbonyl (C=O) groups excluding carboxylic acids is 3. The maximum atomic E-state index is 13.1. The van der Waals surface area contributed by atoms with Crippen LogP contribution in [-0.2, 0) is 23.9 Å². The summed E-state index contributed by atoms with van der Waals surface area (Å²) in [7, 11) is 3.53. The molecule has 0 aromatic carbocycles. The molecule has 3 saturated heterocycles. The van der Waals surface area contributed by atoms with Crippen LogP contribution in [0.1, 0.15) is 98.3 Å². The molecule has 1 spiro atoms. The van der Waals surface area contributed by atoms with Crippen LogP contribution in [0, 0.1) is 52.3 Å². The molecule has 9 nitrogen and oxygen atoms in total. The number of hydrogen-bond donors (Lipinski definition) is 1. The highest BCUT2D eigenvalue weighted by Gasteiger charge is 2.69. The zero-order valence-corrected chi connectivity index (χ0v) is 30.1. The van der Waals surface area contributed by atoms with Gasteiger partial charge in [-0.3, -0.25) is 19.3 Å². The first kappa shape index (κ1) is 33.8. The Balaban J connectivity index is 0.913. The van der Waals surface area contributed by atoms with Gasteiger partial charge in [-0.1, -0.05) is 27.7 Å². The average Bonchev–Trinajstić information content (AvgIpc) is 3.48. The lowest BCUT2D eigenvalue weighted by Crippen LogP contribution is -2.56. The second-order valence-electron chi connectivity index (χ2n) is 17.8. The van der Waals surface area contributed by atoms with Gasteiger partial charge in [0.2, 0.25) is 17.7 Å². The molecule has 264 valence electrons. The Bertz CT molecular complexity index is 1210. The van der Waals surface area contributed by atoms with Crippen molar-refractivity contribution in [2.24, 2.45) is 52.3 Å². The maximum absolute atomic E-state index is 13.1. The van der Waals surface area contributed by atoms with E-state index in [-0.39, 0.29) is 36.0 Å². The van der Waals surface area contributed by atoms with Crippen molar-refractivity contribution in [1.82, 2.24) is 20.0 Å². The molecule has 0 aromatic rings. The first-order chi connectivity index (χ1) is 22.3. The summed E-state index contributed by atoms with van der Waals surface area (Å²) < 4.78 is 13.5. The average molecular weight is 655 g/mol. The van der Waals surface area contributed by atoms with Crippen molar-refractivity contribution in [2.75, 3.05) is 53.4 Å². The Morgan fingerprint density at radius 1 is 0.872 bits per heavy atom. The van der Waals surface area contributed by atoms with Gasteiger partial charge in [0.15, 0.2) is 5.79 Å². The lowest BCUT2D eigenvalue weighted by atomic mass is 9.44. The predicted octanol–water partition coefficient (Wildman–Crippen LogP) is 4.54. The van der Waals surface area contributed by atoms with E-state index in [1.54, 1.807) is 23.9 Å². The Labute approximate surface area is 283 Å². The van der Waals surface area contributed by atoms with E-state index in [9.17, 15) is 14.4 Å². The summed E-state index contributed by atoms with van der Waals surface area (Å²) in [4.78, 5) is 43.6. The van der Waals surface area contributed by atoms with Crippen LogP contribution in [0.5, 0.6) is 0 Å². The van der Waals surface area contributed by atoms with E-state index in [2.05, 4.69) is 37.9 Å². The Morgan fingerprint density at radius 3 is 2.32 bits per heavy atom. The number of fused-ring (bicyclic) bond motifs is 7. The zero-order valence-electron chi connectivity index (χ0n) is 30.1. The SMILES string of the molecule is C[C@@H]1CC[C@@]2(OC1)O[C@H]1C[C@H]3[C@@H]4CC[C@@H]5C[C@@H](NC(=O)CC(=O)N6CCN(CC(=O)N(C)C)CC6)CC[C@]5(C)C4CC[C@]3(C)[C@H]1[C@@H]2C. The summed E-state index contributed by atoms with van der Waals surface area (Å²) in [6.45, 7) is 13.6. The topological polar surface area (TPSA) is 91.4 Å². The van der Waals surface area contributed by atoms with E-state index in [0.29, 0.717) is 73.3 Å². The number of hydrogen-bond acceptors (Lipinski definition) is 6. The third kappa shape index (κ3) is 5.86. The second-order valence-corrected chi connectivity index (χ2v) is 17.8. The van der Waals surface area contributed by atoms with Crippen molar-refractivity contribution in [3.05, 3.63) is 0 Å². The van der Waals surface area contributed by atoms with Crippen molar-refractivity contribution < 1.29 is 23.9 Å². The molecule has 7 fully saturated rings. The molecule has 4 aliphatic carbocycles. The third-order valence-corrected chi connectivity index (χ3v) is 15.2. The van der Waals surface area contributed by atoms with Crippen molar-refractivity contribution in [3.63, 3.8) is 0 Å². The highest BCUT2D eigenvalue weighted by molar-refractivity contribution is 5.97. The summed E-state index contributed by atoms with van der Waals surface area (Å²) in [6.07, 6.45) is 12.2. The maximum Gasteiger partial charge on any atom is 0.236 e. The number of likely N-dealkylation sites (N-methyl/N-ethyl adjacent to an activating group) is 1. The van der Waals surface area contributed by atoms with Crippen LogP contribution >= 0.6 is 0 Å². The molecule has 12 atom stereocenters. The van der Waals surface area contributed by atoms with E-state index in [4.69, 9.17) is 9.47 Å². The molecule has 7 rings (SSSR count). The van der Waals surface area contributed by atoms with Gasteiger partial charge in [-0.25, -0.2) is 0 Å². The van der Waals surface area contributed by atoms with E-state index < -0.39 is 0 Å². The quantitative estimate of drug-likeness (QED) is 0.438. The number of carbonyl (C=O) groups is 3.